The third-order valence-corrected chi connectivity index (χ3v) is 4.56. The predicted molar refractivity (Wildman–Crippen MR) is 89.1 cm³/mol. The lowest BCUT2D eigenvalue weighted by Crippen LogP contribution is -2.37. The summed E-state index contributed by atoms with van der Waals surface area (Å²) >= 11 is 6.03. The molecule has 4 heteroatoms. The summed E-state index contributed by atoms with van der Waals surface area (Å²) in [7, 11) is 0. The van der Waals surface area contributed by atoms with Gasteiger partial charge in [-0.25, -0.2) is 0 Å². The van der Waals surface area contributed by atoms with E-state index in [4.69, 9.17) is 11.6 Å². The van der Waals surface area contributed by atoms with Crippen molar-refractivity contribution in [1.82, 2.24) is 5.32 Å². The molecule has 1 aliphatic carbocycles. The van der Waals surface area contributed by atoms with Crippen LogP contribution in [-0.2, 0) is 0 Å². The lowest BCUT2D eigenvalue weighted by molar-refractivity contribution is 0.0920. The van der Waals surface area contributed by atoms with E-state index < -0.39 is 0 Å². The van der Waals surface area contributed by atoms with Crippen molar-refractivity contribution in [2.24, 2.45) is 5.41 Å². The Labute approximate surface area is 132 Å². The van der Waals surface area contributed by atoms with Crippen molar-refractivity contribution >= 4 is 23.2 Å². The number of benzene rings is 1. The van der Waals surface area contributed by atoms with Gasteiger partial charge in [-0.3, -0.25) is 4.79 Å². The van der Waals surface area contributed by atoms with Crippen LogP contribution >= 0.6 is 11.6 Å². The van der Waals surface area contributed by atoms with E-state index >= 15 is 0 Å². The number of carbonyl (C=O) groups is 1. The summed E-state index contributed by atoms with van der Waals surface area (Å²) in [5, 5.41) is 6.90. The van der Waals surface area contributed by atoms with Gasteiger partial charge in [-0.2, -0.15) is 0 Å². The van der Waals surface area contributed by atoms with Crippen LogP contribution in [0.25, 0.3) is 0 Å². The Balaban J connectivity index is 2.04. The number of anilines is 1. The van der Waals surface area contributed by atoms with Gasteiger partial charge in [0.1, 0.15) is 0 Å². The van der Waals surface area contributed by atoms with Crippen molar-refractivity contribution in [2.75, 3.05) is 18.4 Å². The molecule has 3 nitrogen and oxygen atoms in total. The Morgan fingerprint density at radius 1 is 1.29 bits per heavy atom. The van der Waals surface area contributed by atoms with Crippen molar-refractivity contribution in [2.45, 2.75) is 46.0 Å². The number of rotatable bonds is 5. The summed E-state index contributed by atoms with van der Waals surface area (Å²) in [5.74, 6) is -0.0414. The smallest absolute Gasteiger partial charge is 0.253 e. The Hall–Kier alpha value is -1.22. The Morgan fingerprint density at radius 3 is 2.67 bits per heavy atom. The molecular formula is C17H25ClN2O. The molecule has 0 aliphatic heterocycles. The van der Waals surface area contributed by atoms with E-state index in [9.17, 15) is 4.79 Å². The highest BCUT2D eigenvalue weighted by molar-refractivity contribution is 6.31. The second-order valence-corrected chi connectivity index (χ2v) is 6.71. The Bertz CT molecular complexity index is 496. The molecule has 0 unspecified atom stereocenters. The van der Waals surface area contributed by atoms with Crippen LogP contribution in [0.1, 0.15) is 56.3 Å². The number of hydrogen-bond acceptors (Lipinski definition) is 2. The monoisotopic (exact) mass is 308 g/mol. The summed E-state index contributed by atoms with van der Waals surface area (Å²) in [6.07, 6.45) is 6.26. The largest absolute Gasteiger partial charge is 0.385 e. The van der Waals surface area contributed by atoms with E-state index in [0.717, 1.165) is 18.8 Å². The molecule has 0 aromatic heterocycles. The minimum atomic E-state index is -0.0414. The number of nitrogens with one attached hydrogen (secondary N) is 2. The summed E-state index contributed by atoms with van der Waals surface area (Å²) in [5.41, 5.74) is 1.71. The highest BCUT2D eigenvalue weighted by Gasteiger charge is 2.27. The normalized spacial score (nSPS) is 17.3. The molecule has 2 rings (SSSR count). The molecule has 116 valence electrons. The molecule has 21 heavy (non-hydrogen) atoms. The number of amides is 1. The van der Waals surface area contributed by atoms with Crippen LogP contribution in [0.5, 0.6) is 0 Å². The van der Waals surface area contributed by atoms with Gasteiger partial charge in [-0.1, -0.05) is 37.8 Å². The first-order chi connectivity index (χ1) is 10.0. The zero-order valence-corrected chi connectivity index (χ0v) is 13.7. The highest BCUT2D eigenvalue weighted by atomic mass is 35.5. The maximum Gasteiger partial charge on any atom is 0.253 e. The van der Waals surface area contributed by atoms with E-state index in [2.05, 4.69) is 17.6 Å². The fourth-order valence-corrected chi connectivity index (χ4v) is 3.19. The van der Waals surface area contributed by atoms with Crippen molar-refractivity contribution in [3.8, 4) is 0 Å². The fourth-order valence-electron chi connectivity index (χ4n) is 3.02. The van der Waals surface area contributed by atoms with Crippen LogP contribution in [0.4, 0.5) is 5.69 Å². The molecule has 1 aromatic carbocycles. The van der Waals surface area contributed by atoms with Gasteiger partial charge in [0, 0.05) is 23.8 Å². The zero-order valence-electron chi connectivity index (χ0n) is 13.0. The molecule has 2 N–H and O–H groups in total. The van der Waals surface area contributed by atoms with Gasteiger partial charge in [0.15, 0.2) is 0 Å². The van der Waals surface area contributed by atoms with Crippen LogP contribution in [0.3, 0.4) is 0 Å². The molecule has 0 radical (unpaired) electrons. The average Bonchev–Trinajstić information content (AvgIpc) is 2.48. The standard InChI is InChI=1S/C17H25ClN2O/c1-3-19-15-8-7-13(18)11-14(15)16(21)20-12-17(2)9-5-4-6-10-17/h7-8,11,19H,3-6,9-10,12H2,1-2H3,(H,20,21). The maximum absolute atomic E-state index is 12.5. The van der Waals surface area contributed by atoms with Crippen molar-refractivity contribution < 1.29 is 4.79 Å². The predicted octanol–water partition coefficient (Wildman–Crippen LogP) is 4.47. The van der Waals surface area contributed by atoms with E-state index in [1.807, 2.05) is 13.0 Å². The topological polar surface area (TPSA) is 41.1 Å². The first-order valence-corrected chi connectivity index (χ1v) is 8.23. The quantitative estimate of drug-likeness (QED) is 0.842. The van der Waals surface area contributed by atoms with Crippen LogP contribution in [0.2, 0.25) is 5.02 Å². The molecule has 1 aliphatic rings. The van der Waals surface area contributed by atoms with Crippen LogP contribution in [0.15, 0.2) is 18.2 Å². The van der Waals surface area contributed by atoms with Crippen LogP contribution < -0.4 is 10.6 Å². The van der Waals surface area contributed by atoms with Gasteiger partial charge < -0.3 is 10.6 Å². The minimum Gasteiger partial charge on any atom is -0.385 e. The summed E-state index contributed by atoms with van der Waals surface area (Å²) in [4.78, 5) is 12.5. The molecule has 1 amide bonds. The molecular weight excluding hydrogens is 284 g/mol. The number of carbonyl (C=O) groups excluding carboxylic acids is 1. The Morgan fingerprint density at radius 2 is 2.00 bits per heavy atom. The first kappa shape index (κ1) is 16.2. The number of halogens is 1. The summed E-state index contributed by atoms with van der Waals surface area (Å²) in [6.45, 7) is 5.80. The van der Waals surface area contributed by atoms with Crippen molar-refractivity contribution in [3.63, 3.8) is 0 Å². The molecule has 1 aromatic rings. The van der Waals surface area contributed by atoms with Crippen molar-refractivity contribution in [3.05, 3.63) is 28.8 Å². The molecule has 1 fully saturated rings. The van der Waals surface area contributed by atoms with E-state index in [1.54, 1.807) is 12.1 Å². The summed E-state index contributed by atoms with van der Waals surface area (Å²) in [6, 6.07) is 5.40. The second kappa shape index (κ2) is 7.17. The van der Waals surface area contributed by atoms with Crippen molar-refractivity contribution in [1.29, 1.82) is 0 Å². The minimum absolute atomic E-state index is 0.0414. The van der Waals surface area contributed by atoms with Crippen LogP contribution in [0, 0.1) is 5.41 Å². The molecule has 0 heterocycles. The molecule has 0 spiro atoms. The van der Waals surface area contributed by atoms with E-state index in [1.165, 1.54) is 32.1 Å². The van der Waals surface area contributed by atoms with Crippen LogP contribution in [-0.4, -0.2) is 19.0 Å². The number of hydrogen-bond donors (Lipinski definition) is 2. The lowest BCUT2D eigenvalue weighted by atomic mass is 9.76. The van der Waals surface area contributed by atoms with Gasteiger partial charge in [0.2, 0.25) is 0 Å². The van der Waals surface area contributed by atoms with E-state index in [-0.39, 0.29) is 11.3 Å². The van der Waals surface area contributed by atoms with Gasteiger partial charge in [-0.05, 0) is 43.4 Å². The van der Waals surface area contributed by atoms with Gasteiger partial charge in [-0.15, -0.1) is 0 Å². The highest BCUT2D eigenvalue weighted by Crippen LogP contribution is 2.35. The first-order valence-electron chi connectivity index (χ1n) is 7.86. The fraction of sp³-hybridized carbons (Fsp3) is 0.588. The zero-order chi connectivity index (χ0) is 15.3. The molecule has 1 saturated carbocycles. The average molecular weight is 309 g/mol. The lowest BCUT2D eigenvalue weighted by Gasteiger charge is -2.33. The van der Waals surface area contributed by atoms with Gasteiger partial charge in [0.05, 0.1) is 5.56 Å². The molecule has 0 atom stereocenters. The summed E-state index contributed by atoms with van der Waals surface area (Å²) < 4.78 is 0. The van der Waals surface area contributed by atoms with Gasteiger partial charge in [0.25, 0.3) is 5.91 Å². The SMILES string of the molecule is CCNc1ccc(Cl)cc1C(=O)NCC1(C)CCCCC1. The van der Waals surface area contributed by atoms with E-state index in [0.29, 0.717) is 10.6 Å². The third-order valence-electron chi connectivity index (χ3n) is 4.33. The Kier molecular flexibility index (Phi) is 5.51. The second-order valence-electron chi connectivity index (χ2n) is 6.27. The molecule has 0 bridgehead atoms. The maximum atomic E-state index is 12.5. The third kappa shape index (κ3) is 4.37. The molecule has 0 saturated heterocycles. The van der Waals surface area contributed by atoms with Gasteiger partial charge >= 0.3 is 0 Å².